The van der Waals surface area contributed by atoms with E-state index in [2.05, 4.69) is 19.9 Å². The Labute approximate surface area is 354 Å². The molecule has 1 aliphatic carbocycles. The summed E-state index contributed by atoms with van der Waals surface area (Å²) in [6, 6.07) is 0. The van der Waals surface area contributed by atoms with Gasteiger partial charge in [0.05, 0.1) is 55.9 Å². The van der Waals surface area contributed by atoms with Crippen LogP contribution in [0, 0.1) is 17.8 Å². The van der Waals surface area contributed by atoms with Gasteiger partial charge in [0.2, 0.25) is 0 Å². The van der Waals surface area contributed by atoms with Crippen molar-refractivity contribution in [1.29, 1.82) is 0 Å². The quantitative estimate of drug-likeness (QED) is 0.249. The lowest BCUT2D eigenvalue weighted by molar-refractivity contribution is -0.351. The average molecular weight is 849 g/mol. The smallest absolute Gasteiger partial charge is 0.316 e. The van der Waals surface area contributed by atoms with E-state index in [-0.39, 0.29) is 43.7 Å². The first kappa shape index (κ1) is 45.9. The minimum Gasteiger partial charge on any atom is -0.462 e. The molecule has 1 spiro atoms. The summed E-state index contributed by atoms with van der Waals surface area (Å²) in [6.07, 6.45) is 3.26. The molecule has 0 aromatic heterocycles. The minimum atomic E-state index is -1.84. The number of aliphatic hydroxyl groups excluding tert-OH is 2. The number of fused-ring (bicyclic) bond motifs is 2. The zero-order chi connectivity index (χ0) is 43.1. The molecule has 5 saturated heterocycles. The molecular weight excluding hydrogens is 780 g/mol. The Hall–Kier alpha value is -2.09. The van der Waals surface area contributed by atoms with Gasteiger partial charge in [-0.25, -0.2) is 0 Å². The number of allylic oxidation sites excluding steroid dienone is 2. The normalized spacial score (nSPS) is 49.0. The van der Waals surface area contributed by atoms with E-state index < -0.39 is 96.9 Å². The van der Waals surface area contributed by atoms with E-state index in [4.69, 9.17) is 52.1 Å². The van der Waals surface area contributed by atoms with Gasteiger partial charge in [0.15, 0.2) is 18.4 Å². The predicted octanol–water partition coefficient (Wildman–Crippen LogP) is 3.81. The Morgan fingerprint density at radius 2 is 1.62 bits per heavy atom. The number of hydrogen-bond donors (Lipinski definition) is 3. The van der Waals surface area contributed by atoms with Gasteiger partial charge >= 0.3 is 5.97 Å². The Morgan fingerprint density at radius 1 is 0.900 bits per heavy atom. The molecule has 2 bridgehead atoms. The number of carbonyl (C=O) groups excluding carboxylic acids is 1. The van der Waals surface area contributed by atoms with E-state index in [9.17, 15) is 20.1 Å². The van der Waals surface area contributed by atoms with Gasteiger partial charge in [-0.1, -0.05) is 51.2 Å². The second-order valence-electron chi connectivity index (χ2n) is 18.3. The highest BCUT2D eigenvalue weighted by Gasteiger charge is 2.60. The molecule has 60 heavy (non-hydrogen) atoms. The van der Waals surface area contributed by atoms with Crippen LogP contribution in [0.5, 0.6) is 0 Å². The van der Waals surface area contributed by atoms with E-state index in [0.717, 1.165) is 5.57 Å². The molecule has 15 heteroatoms. The molecule has 7 aliphatic rings. The van der Waals surface area contributed by atoms with E-state index in [1.165, 1.54) is 0 Å². The average Bonchev–Trinajstić information content (AvgIpc) is 3.55. The van der Waals surface area contributed by atoms with Crippen LogP contribution in [0.15, 0.2) is 47.1 Å². The summed E-state index contributed by atoms with van der Waals surface area (Å²) in [4.78, 5) is 14.2. The Morgan fingerprint density at radius 3 is 2.32 bits per heavy atom. The van der Waals surface area contributed by atoms with Crippen LogP contribution in [0.25, 0.3) is 0 Å². The van der Waals surface area contributed by atoms with Gasteiger partial charge in [0.25, 0.3) is 0 Å². The van der Waals surface area contributed by atoms with Gasteiger partial charge in [-0.05, 0) is 56.8 Å². The fourth-order valence-corrected chi connectivity index (χ4v) is 9.90. The molecule has 3 N–H and O–H groups in total. The van der Waals surface area contributed by atoms with Gasteiger partial charge in [0.1, 0.15) is 48.6 Å². The van der Waals surface area contributed by atoms with Crippen molar-refractivity contribution in [2.75, 3.05) is 34.0 Å². The third-order valence-corrected chi connectivity index (χ3v) is 13.6. The molecule has 5 fully saturated rings. The molecular formula is C45H68O15. The van der Waals surface area contributed by atoms with Crippen LogP contribution in [0.1, 0.15) is 80.6 Å². The number of ether oxygens (including phenoxy) is 11. The number of carbonyl (C=O) groups is 1. The Kier molecular flexibility index (Phi) is 14.5. The number of rotatable bonds is 7. The first-order valence-corrected chi connectivity index (χ1v) is 21.8. The molecule has 0 amide bonds. The molecule has 0 aromatic carbocycles. The van der Waals surface area contributed by atoms with Crippen LogP contribution >= 0.6 is 0 Å². The fourth-order valence-electron chi connectivity index (χ4n) is 9.90. The SMILES string of the molecule is CO[C@H]1C[C@H](O[C@H]2[C@H](C)O[C@@H](O[C@@H]3/C(C)=C/C[C@@H]4C[C@@H](C[C@]5(CO[C@H](C(C)C)CO5)O4)OC(=O)[C@@H]4C=C(C)[C@@H](O)[C@H]5OC/C(=C\C=C\[C@@H]3C)[C@]54O)C[C@@H]2OC)O[C@@H](C)[C@@H]1O. The maximum atomic E-state index is 14.2. The highest BCUT2D eigenvalue weighted by atomic mass is 16.7. The summed E-state index contributed by atoms with van der Waals surface area (Å²) in [6.45, 7) is 14.2. The van der Waals surface area contributed by atoms with Gasteiger partial charge in [-0.3, -0.25) is 4.79 Å². The summed E-state index contributed by atoms with van der Waals surface area (Å²) in [5, 5.41) is 34.1. The van der Waals surface area contributed by atoms with Gasteiger partial charge < -0.3 is 67.4 Å². The lowest BCUT2D eigenvalue weighted by Crippen LogP contribution is -2.59. The van der Waals surface area contributed by atoms with Crippen LogP contribution in [0.2, 0.25) is 0 Å². The molecule has 6 aliphatic heterocycles. The van der Waals surface area contributed by atoms with Crippen LogP contribution in [-0.4, -0.2) is 153 Å². The maximum Gasteiger partial charge on any atom is 0.316 e. The van der Waals surface area contributed by atoms with Crippen molar-refractivity contribution in [1.82, 2.24) is 0 Å². The molecule has 15 nitrogen and oxygen atoms in total. The van der Waals surface area contributed by atoms with E-state index in [1.54, 1.807) is 40.2 Å². The second kappa shape index (κ2) is 18.9. The van der Waals surface area contributed by atoms with Gasteiger partial charge in [-0.2, -0.15) is 0 Å². The van der Waals surface area contributed by atoms with E-state index >= 15 is 0 Å². The third kappa shape index (κ3) is 9.40. The van der Waals surface area contributed by atoms with Crippen LogP contribution in [0.3, 0.4) is 0 Å². The topological polar surface area (TPSA) is 179 Å². The molecule has 0 aromatic rings. The van der Waals surface area contributed by atoms with Crippen molar-refractivity contribution in [2.24, 2.45) is 17.8 Å². The number of aliphatic hydroxyl groups is 3. The van der Waals surface area contributed by atoms with E-state index in [1.807, 2.05) is 32.9 Å². The zero-order valence-corrected chi connectivity index (χ0v) is 36.6. The predicted molar refractivity (Wildman–Crippen MR) is 215 cm³/mol. The van der Waals surface area contributed by atoms with Crippen molar-refractivity contribution < 1.29 is 72.2 Å². The van der Waals surface area contributed by atoms with Crippen molar-refractivity contribution in [3.8, 4) is 0 Å². The fraction of sp³-hybridized carbons (Fsp3) is 0.800. The zero-order valence-electron chi connectivity index (χ0n) is 36.6. The van der Waals surface area contributed by atoms with Crippen molar-refractivity contribution in [2.45, 2.75) is 178 Å². The number of esters is 1. The van der Waals surface area contributed by atoms with Crippen molar-refractivity contribution in [3.05, 3.63) is 47.1 Å². The Balaban J connectivity index is 1.16. The monoisotopic (exact) mass is 848 g/mol. The largest absolute Gasteiger partial charge is 0.462 e. The van der Waals surface area contributed by atoms with E-state index in [0.29, 0.717) is 43.4 Å². The van der Waals surface area contributed by atoms with Crippen LogP contribution in [-0.2, 0) is 56.9 Å². The van der Waals surface area contributed by atoms with Gasteiger partial charge in [0, 0.05) is 45.8 Å². The van der Waals surface area contributed by atoms with Crippen LogP contribution < -0.4 is 0 Å². The standard InChI is InChI=1S/C45H68O15/c1-23(2)35-21-54-44(22-53-35)19-31-16-30(60-44)14-13-25(4)40(24(3)11-10-12-29-20-52-42-38(46)26(5)15-32(43(48)57-31)45(29,42)49)58-37-18-34(51-9)41(28(7)56-37)59-36-17-33(50-8)39(47)27(6)55-36/h10-13,15,23-24,27-28,30-42,46-47,49H,14,16-22H2,1-9H3/b11-10+,25-13+,29-12+/t24-,27-,28-,30+,31-,32-,33-,34-,35-,36-,37-,38+,39-,40-,41-,42+,44+,45+/m0/s1. The highest BCUT2D eigenvalue weighted by molar-refractivity contribution is 5.78. The summed E-state index contributed by atoms with van der Waals surface area (Å²) in [5.41, 5.74) is 0.0970. The molecule has 18 atom stereocenters. The molecule has 0 radical (unpaired) electrons. The lowest BCUT2D eigenvalue weighted by Gasteiger charge is -2.48. The van der Waals surface area contributed by atoms with Gasteiger partial charge in [-0.15, -0.1) is 0 Å². The first-order valence-electron chi connectivity index (χ1n) is 21.8. The molecule has 0 unspecified atom stereocenters. The first-order chi connectivity index (χ1) is 28.5. The maximum absolute atomic E-state index is 14.2. The minimum absolute atomic E-state index is 0.0261. The summed E-state index contributed by atoms with van der Waals surface area (Å²) in [5.74, 6) is -2.79. The molecule has 7 rings (SSSR count). The molecule has 338 valence electrons. The summed E-state index contributed by atoms with van der Waals surface area (Å²) >= 11 is 0. The Bertz CT molecular complexity index is 1620. The summed E-state index contributed by atoms with van der Waals surface area (Å²) in [7, 11) is 3.21. The third-order valence-electron chi connectivity index (χ3n) is 13.6. The lowest BCUT2D eigenvalue weighted by atomic mass is 9.71. The highest BCUT2D eigenvalue weighted by Crippen LogP contribution is 2.46. The van der Waals surface area contributed by atoms with Crippen molar-refractivity contribution >= 4 is 5.97 Å². The summed E-state index contributed by atoms with van der Waals surface area (Å²) < 4.78 is 69.1. The molecule has 6 heterocycles. The number of methoxy groups -OCH3 is 2. The molecule has 0 saturated carbocycles. The van der Waals surface area contributed by atoms with Crippen molar-refractivity contribution in [3.63, 3.8) is 0 Å². The van der Waals surface area contributed by atoms with Crippen LogP contribution in [0.4, 0.5) is 0 Å². The number of hydrogen-bond acceptors (Lipinski definition) is 15. The second-order valence-corrected chi connectivity index (χ2v) is 18.3.